The summed E-state index contributed by atoms with van der Waals surface area (Å²) in [5, 5.41) is 0. The van der Waals surface area contributed by atoms with Gasteiger partial charge in [-0.3, -0.25) is 9.69 Å². The van der Waals surface area contributed by atoms with Gasteiger partial charge >= 0.3 is 6.09 Å². The van der Waals surface area contributed by atoms with E-state index in [0.717, 1.165) is 31.5 Å². The summed E-state index contributed by atoms with van der Waals surface area (Å²) in [6.07, 6.45) is 3.16. The topological polar surface area (TPSA) is 49.9 Å². The summed E-state index contributed by atoms with van der Waals surface area (Å²) in [4.78, 5) is 28.0. The zero-order valence-electron chi connectivity index (χ0n) is 13.6. The summed E-state index contributed by atoms with van der Waals surface area (Å²) in [5.74, 6) is 0.357. The maximum absolute atomic E-state index is 12.3. The van der Waals surface area contributed by atoms with Gasteiger partial charge in [-0.05, 0) is 32.3 Å². The molecule has 5 heteroatoms. The molecule has 0 unspecified atom stereocenters. The lowest BCUT2D eigenvalue weighted by molar-refractivity contribution is -0.125. The number of hydrogen-bond donors (Lipinski definition) is 0. The molecule has 2 heterocycles. The largest absolute Gasteiger partial charge is 0.416 e. The third kappa shape index (κ3) is 3.09. The first-order valence-electron chi connectivity index (χ1n) is 8.03. The molecule has 2 aliphatic heterocycles. The van der Waals surface area contributed by atoms with Gasteiger partial charge in [0.1, 0.15) is 5.76 Å². The average Bonchev–Trinajstić information content (AvgIpc) is 3.12. The van der Waals surface area contributed by atoms with Gasteiger partial charge in [0.2, 0.25) is 5.91 Å². The van der Waals surface area contributed by atoms with Crippen molar-refractivity contribution in [3.05, 3.63) is 47.7 Å². The first-order chi connectivity index (χ1) is 11.0. The highest BCUT2D eigenvalue weighted by Gasteiger charge is 2.45. The predicted molar refractivity (Wildman–Crippen MR) is 86.4 cm³/mol. The van der Waals surface area contributed by atoms with Gasteiger partial charge in [0.15, 0.2) is 0 Å². The predicted octanol–water partition coefficient (Wildman–Crippen LogP) is 2.92. The zero-order valence-corrected chi connectivity index (χ0v) is 13.6. The maximum atomic E-state index is 12.3. The number of hydrogen-bond acceptors (Lipinski definition) is 3. The van der Waals surface area contributed by atoms with Gasteiger partial charge < -0.3 is 9.64 Å². The van der Waals surface area contributed by atoms with Crippen LogP contribution >= 0.6 is 0 Å². The molecule has 0 saturated carbocycles. The number of cyclic esters (lactones) is 1. The molecule has 5 nitrogen and oxygen atoms in total. The van der Waals surface area contributed by atoms with Crippen LogP contribution in [0, 0.1) is 0 Å². The minimum Gasteiger partial charge on any atom is -0.412 e. The highest BCUT2D eigenvalue weighted by molar-refractivity contribution is 5.90. The Bertz CT molecular complexity index is 631. The Morgan fingerprint density at radius 2 is 1.87 bits per heavy atom. The highest BCUT2D eigenvalue weighted by atomic mass is 16.6. The highest BCUT2D eigenvalue weighted by Crippen LogP contribution is 2.34. The van der Waals surface area contributed by atoms with E-state index in [0.29, 0.717) is 12.3 Å². The molecule has 2 amide bonds. The lowest BCUT2D eigenvalue weighted by Gasteiger charge is -2.28. The number of carbonyl (C=O) groups excluding carboxylic acids is 2. The summed E-state index contributed by atoms with van der Waals surface area (Å²) < 4.78 is 5.39. The molecule has 1 aromatic rings. The van der Waals surface area contributed by atoms with E-state index in [-0.39, 0.29) is 5.91 Å². The van der Waals surface area contributed by atoms with Crippen LogP contribution in [0.15, 0.2) is 42.2 Å². The molecule has 0 atom stereocenters. The summed E-state index contributed by atoms with van der Waals surface area (Å²) in [6.45, 7) is 5.84. The van der Waals surface area contributed by atoms with Crippen LogP contribution in [0.1, 0.15) is 32.3 Å². The minimum atomic E-state index is -0.637. The van der Waals surface area contributed by atoms with E-state index < -0.39 is 11.6 Å². The van der Waals surface area contributed by atoms with E-state index >= 15 is 0 Å². The van der Waals surface area contributed by atoms with Gasteiger partial charge in [-0.1, -0.05) is 30.3 Å². The van der Waals surface area contributed by atoms with Crippen molar-refractivity contribution in [2.75, 3.05) is 13.1 Å². The molecule has 0 bridgehead atoms. The first kappa shape index (κ1) is 15.6. The Morgan fingerprint density at radius 3 is 2.52 bits per heavy atom. The molecule has 1 aromatic carbocycles. The van der Waals surface area contributed by atoms with Gasteiger partial charge in [-0.25, -0.2) is 4.79 Å². The van der Waals surface area contributed by atoms with E-state index in [2.05, 4.69) is 0 Å². The molecule has 23 heavy (non-hydrogen) atoms. The summed E-state index contributed by atoms with van der Waals surface area (Å²) in [5.41, 5.74) is 0.395. The van der Waals surface area contributed by atoms with Crippen molar-refractivity contribution in [1.82, 2.24) is 9.80 Å². The minimum absolute atomic E-state index is 0.0695. The molecule has 0 aromatic heterocycles. The van der Waals surface area contributed by atoms with E-state index in [1.165, 1.54) is 6.08 Å². The van der Waals surface area contributed by atoms with Crippen molar-refractivity contribution in [2.45, 2.75) is 38.8 Å². The lowest BCUT2D eigenvalue weighted by atomic mass is 10.00. The Kier molecular flexibility index (Phi) is 4.11. The number of likely N-dealkylation sites (tertiary alicyclic amines) is 1. The summed E-state index contributed by atoms with van der Waals surface area (Å²) in [7, 11) is 0. The van der Waals surface area contributed by atoms with Gasteiger partial charge in [0, 0.05) is 19.2 Å². The van der Waals surface area contributed by atoms with E-state index in [1.807, 2.05) is 44.2 Å². The molecule has 2 fully saturated rings. The molecular weight excluding hydrogens is 292 g/mol. The van der Waals surface area contributed by atoms with Crippen LogP contribution < -0.4 is 0 Å². The van der Waals surface area contributed by atoms with Crippen LogP contribution in [-0.2, 0) is 16.1 Å². The van der Waals surface area contributed by atoms with Crippen molar-refractivity contribution in [3.8, 4) is 0 Å². The number of benzene rings is 1. The number of nitrogens with zero attached hydrogens (tertiary/aromatic N) is 2. The summed E-state index contributed by atoms with van der Waals surface area (Å²) >= 11 is 0. The Hall–Kier alpha value is -2.30. The van der Waals surface area contributed by atoms with E-state index in [9.17, 15) is 9.59 Å². The van der Waals surface area contributed by atoms with Gasteiger partial charge in [0.05, 0.1) is 12.1 Å². The van der Waals surface area contributed by atoms with Crippen LogP contribution in [0.2, 0.25) is 0 Å². The average molecular weight is 314 g/mol. The second-order valence-corrected chi connectivity index (χ2v) is 6.54. The van der Waals surface area contributed by atoms with Gasteiger partial charge in [0.25, 0.3) is 0 Å². The van der Waals surface area contributed by atoms with E-state index in [1.54, 1.807) is 9.80 Å². The molecule has 2 aliphatic rings. The molecule has 0 aliphatic carbocycles. The molecule has 0 N–H and O–H groups in total. The van der Waals surface area contributed by atoms with Crippen LogP contribution in [0.3, 0.4) is 0 Å². The molecule has 2 saturated heterocycles. The molecule has 0 radical (unpaired) electrons. The van der Waals surface area contributed by atoms with Crippen molar-refractivity contribution in [2.24, 2.45) is 0 Å². The third-order valence-electron chi connectivity index (χ3n) is 4.55. The molecular formula is C18H22N2O3. The van der Waals surface area contributed by atoms with Crippen LogP contribution in [0.4, 0.5) is 4.79 Å². The fourth-order valence-electron chi connectivity index (χ4n) is 3.01. The van der Waals surface area contributed by atoms with Crippen LogP contribution in [-0.4, -0.2) is 40.4 Å². The fourth-order valence-corrected chi connectivity index (χ4v) is 3.01. The normalized spacial score (nSPS) is 21.8. The van der Waals surface area contributed by atoms with Crippen molar-refractivity contribution in [1.29, 1.82) is 0 Å². The quantitative estimate of drug-likeness (QED) is 0.806. The van der Waals surface area contributed by atoms with Crippen molar-refractivity contribution < 1.29 is 14.3 Å². The smallest absolute Gasteiger partial charge is 0.412 e. The van der Waals surface area contributed by atoms with E-state index in [4.69, 9.17) is 4.74 Å². The van der Waals surface area contributed by atoms with Gasteiger partial charge in [-0.15, -0.1) is 0 Å². The maximum Gasteiger partial charge on any atom is 0.416 e. The number of rotatable bonds is 3. The lowest BCUT2D eigenvalue weighted by Crippen LogP contribution is -2.41. The standard InChI is InChI=1S/C18H22N2O3/c1-18(2)15(12-16(21)19-10-6-7-11-19)23-17(22)20(18)13-14-8-4-3-5-9-14/h3-5,8-9,12H,6-7,10-11,13H2,1-2H3/b15-12+. The number of carbonyl (C=O) groups is 2. The Balaban J connectivity index is 1.79. The van der Waals surface area contributed by atoms with Crippen LogP contribution in [0.5, 0.6) is 0 Å². The number of amides is 2. The molecule has 122 valence electrons. The third-order valence-corrected chi connectivity index (χ3v) is 4.55. The van der Waals surface area contributed by atoms with Gasteiger partial charge in [-0.2, -0.15) is 0 Å². The van der Waals surface area contributed by atoms with Crippen LogP contribution in [0.25, 0.3) is 0 Å². The zero-order chi connectivity index (χ0) is 16.4. The SMILES string of the molecule is CC1(C)/C(=C\C(=O)N2CCCC2)OC(=O)N1Cc1ccccc1. The Morgan fingerprint density at radius 1 is 1.22 bits per heavy atom. The Labute approximate surface area is 136 Å². The van der Waals surface area contributed by atoms with Crippen molar-refractivity contribution >= 4 is 12.0 Å². The first-order valence-corrected chi connectivity index (χ1v) is 8.03. The second kappa shape index (κ2) is 6.07. The molecule has 3 rings (SSSR count). The van der Waals surface area contributed by atoms with Crippen molar-refractivity contribution in [3.63, 3.8) is 0 Å². The second-order valence-electron chi connectivity index (χ2n) is 6.54. The fraction of sp³-hybridized carbons (Fsp3) is 0.444. The summed E-state index contributed by atoms with van der Waals surface area (Å²) in [6, 6.07) is 9.77. The number of ether oxygens (including phenoxy) is 1. The molecule has 0 spiro atoms. The monoisotopic (exact) mass is 314 g/mol.